The molecule has 20 heavy (non-hydrogen) atoms. The van der Waals surface area contributed by atoms with Crippen LogP contribution in [0.3, 0.4) is 0 Å². The molecule has 1 fully saturated rings. The number of alkyl halides is 3. The zero-order valence-electron chi connectivity index (χ0n) is 10.4. The minimum Gasteiger partial charge on any atom is -0.480 e. The van der Waals surface area contributed by atoms with Crippen molar-refractivity contribution in [2.45, 2.75) is 41.3 Å². The molecule has 110 valence electrons. The Labute approximate surface area is 117 Å². The summed E-state index contributed by atoms with van der Waals surface area (Å²) in [6.07, 6.45) is -2.37. The fraction of sp³-hybridized carbons (Fsp3) is 0.500. The smallest absolute Gasteiger partial charge is 0.417 e. The number of nitrogens with zero attached hydrogens (tertiary/aromatic N) is 1. The van der Waals surface area contributed by atoms with Gasteiger partial charge < -0.3 is 10.8 Å². The van der Waals surface area contributed by atoms with Crippen molar-refractivity contribution in [3.8, 4) is 0 Å². The molecule has 1 aliphatic carbocycles. The molecule has 1 aliphatic rings. The van der Waals surface area contributed by atoms with Gasteiger partial charge in [-0.05, 0) is 31.4 Å². The molecule has 0 aliphatic heterocycles. The van der Waals surface area contributed by atoms with Gasteiger partial charge in [-0.2, -0.15) is 13.2 Å². The van der Waals surface area contributed by atoms with Crippen molar-refractivity contribution in [3.05, 3.63) is 23.9 Å². The maximum Gasteiger partial charge on any atom is 0.417 e. The van der Waals surface area contributed by atoms with Gasteiger partial charge in [0, 0.05) is 11.4 Å². The number of carboxylic acids is 1. The zero-order valence-corrected chi connectivity index (χ0v) is 11.2. The summed E-state index contributed by atoms with van der Waals surface area (Å²) in [6.45, 7) is 0. The first kappa shape index (κ1) is 15.1. The first-order valence-electron chi connectivity index (χ1n) is 5.93. The fourth-order valence-corrected chi connectivity index (χ4v) is 3.33. The Bertz CT molecular complexity index is 506. The van der Waals surface area contributed by atoms with E-state index in [1.807, 2.05) is 0 Å². The van der Waals surface area contributed by atoms with E-state index in [0.29, 0.717) is 17.9 Å². The zero-order chi connectivity index (χ0) is 15.0. The van der Waals surface area contributed by atoms with Gasteiger partial charge in [-0.1, -0.05) is 0 Å². The van der Waals surface area contributed by atoms with Crippen LogP contribution in [0.1, 0.15) is 24.8 Å². The molecule has 0 saturated heterocycles. The number of carboxylic acid groups (broad SMARTS) is 1. The highest BCUT2D eigenvalue weighted by molar-refractivity contribution is 7.99. The molecule has 1 heterocycles. The Kier molecular flexibility index (Phi) is 3.97. The first-order valence-corrected chi connectivity index (χ1v) is 6.81. The number of hydrogen-bond donors (Lipinski definition) is 2. The molecule has 8 heteroatoms. The number of aliphatic carboxylic acids is 1. The lowest BCUT2D eigenvalue weighted by molar-refractivity contribution is -0.143. The first-order chi connectivity index (χ1) is 9.21. The average molecular weight is 306 g/mol. The number of halogens is 3. The molecule has 3 N–H and O–H groups in total. The third kappa shape index (κ3) is 3.24. The van der Waals surface area contributed by atoms with E-state index in [0.717, 1.165) is 12.3 Å². The van der Waals surface area contributed by atoms with Gasteiger partial charge in [0.05, 0.1) is 10.6 Å². The van der Waals surface area contributed by atoms with Gasteiger partial charge in [0.25, 0.3) is 0 Å². The van der Waals surface area contributed by atoms with Crippen LogP contribution in [0.2, 0.25) is 0 Å². The van der Waals surface area contributed by atoms with E-state index in [4.69, 9.17) is 10.8 Å². The lowest BCUT2D eigenvalue weighted by Crippen LogP contribution is -2.45. The summed E-state index contributed by atoms with van der Waals surface area (Å²) in [5.41, 5.74) is 3.71. The van der Waals surface area contributed by atoms with Crippen LogP contribution in [0, 0.1) is 0 Å². The summed E-state index contributed by atoms with van der Waals surface area (Å²) < 4.78 is 37.2. The molecule has 0 amide bonds. The molecule has 4 nitrogen and oxygen atoms in total. The third-order valence-corrected chi connectivity index (χ3v) is 4.50. The summed E-state index contributed by atoms with van der Waals surface area (Å²) in [6, 6.07) is 2.27. The van der Waals surface area contributed by atoms with Crippen LogP contribution in [-0.2, 0) is 11.0 Å². The highest BCUT2D eigenvalue weighted by atomic mass is 32.2. The quantitative estimate of drug-likeness (QED) is 0.897. The van der Waals surface area contributed by atoms with Crippen molar-refractivity contribution in [3.63, 3.8) is 0 Å². The molecular formula is C12H13F3N2O2S. The van der Waals surface area contributed by atoms with Gasteiger partial charge in [-0.25, -0.2) is 4.98 Å². The Morgan fingerprint density at radius 2 is 2.20 bits per heavy atom. The second-order valence-corrected chi connectivity index (χ2v) is 6.15. The standard InChI is InChI=1S/C12H13F3N2O2S/c13-12(14,15)7-1-2-9(17-6-7)20-8-3-4-11(16,5-8)10(18)19/h1-2,6,8H,3-5,16H2,(H,18,19). The lowest BCUT2D eigenvalue weighted by atomic mass is 10.0. The van der Waals surface area contributed by atoms with Gasteiger partial charge in [-0.15, -0.1) is 11.8 Å². The number of rotatable bonds is 3. The second kappa shape index (κ2) is 5.25. The van der Waals surface area contributed by atoms with E-state index < -0.39 is 23.2 Å². The number of hydrogen-bond acceptors (Lipinski definition) is 4. The summed E-state index contributed by atoms with van der Waals surface area (Å²) in [5.74, 6) is -1.04. The third-order valence-electron chi connectivity index (χ3n) is 3.28. The molecule has 1 aromatic rings. The molecule has 1 saturated carbocycles. The molecular weight excluding hydrogens is 293 g/mol. The SMILES string of the molecule is NC1(C(=O)O)CCC(Sc2ccc(C(F)(F)F)cn2)C1. The average Bonchev–Trinajstić information content (AvgIpc) is 2.72. The van der Waals surface area contributed by atoms with Gasteiger partial charge in [-0.3, -0.25) is 4.79 Å². The number of nitrogens with two attached hydrogens (primary N) is 1. The summed E-state index contributed by atoms with van der Waals surface area (Å²) in [7, 11) is 0. The maximum absolute atomic E-state index is 12.4. The molecule has 2 atom stereocenters. The maximum atomic E-state index is 12.4. The summed E-state index contributed by atoms with van der Waals surface area (Å²) in [4.78, 5) is 14.8. The van der Waals surface area contributed by atoms with Gasteiger partial charge >= 0.3 is 12.1 Å². The van der Waals surface area contributed by atoms with Crippen LogP contribution in [0.5, 0.6) is 0 Å². The minimum atomic E-state index is -4.40. The number of thioether (sulfide) groups is 1. The Balaban J connectivity index is 2.00. The number of carbonyl (C=O) groups is 1. The fourth-order valence-electron chi connectivity index (χ4n) is 2.11. The topological polar surface area (TPSA) is 76.2 Å². The Morgan fingerprint density at radius 1 is 1.50 bits per heavy atom. The molecule has 1 aromatic heterocycles. The Hall–Kier alpha value is -1.28. The van der Waals surface area contributed by atoms with Crippen LogP contribution in [-0.4, -0.2) is 26.8 Å². The highest BCUT2D eigenvalue weighted by Crippen LogP contribution is 2.39. The monoisotopic (exact) mass is 306 g/mol. The van der Waals surface area contributed by atoms with Crippen molar-refractivity contribution in [2.75, 3.05) is 0 Å². The van der Waals surface area contributed by atoms with Crippen LogP contribution in [0.25, 0.3) is 0 Å². The highest BCUT2D eigenvalue weighted by Gasteiger charge is 2.42. The van der Waals surface area contributed by atoms with E-state index in [1.165, 1.54) is 17.8 Å². The van der Waals surface area contributed by atoms with Crippen LogP contribution in [0.4, 0.5) is 13.2 Å². The van der Waals surface area contributed by atoms with Crippen molar-refractivity contribution >= 4 is 17.7 Å². The molecule has 0 bridgehead atoms. The number of aromatic nitrogens is 1. The van der Waals surface area contributed by atoms with E-state index >= 15 is 0 Å². The van der Waals surface area contributed by atoms with E-state index in [9.17, 15) is 18.0 Å². The van der Waals surface area contributed by atoms with Gasteiger partial charge in [0.1, 0.15) is 5.54 Å². The molecule has 0 aromatic carbocycles. The molecule has 0 radical (unpaired) electrons. The summed E-state index contributed by atoms with van der Waals surface area (Å²) in [5, 5.41) is 9.41. The van der Waals surface area contributed by atoms with Crippen molar-refractivity contribution in [2.24, 2.45) is 5.73 Å². The largest absolute Gasteiger partial charge is 0.480 e. The van der Waals surface area contributed by atoms with Crippen molar-refractivity contribution in [1.29, 1.82) is 0 Å². The lowest BCUT2D eigenvalue weighted by Gasteiger charge is -2.17. The predicted octanol–water partition coefficient (Wildman–Crippen LogP) is 2.53. The number of pyridine rings is 1. The van der Waals surface area contributed by atoms with Crippen molar-refractivity contribution < 1.29 is 23.1 Å². The van der Waals surface area contributed by atoms with Gasteiger partial charge in [0.15, 0.2) is 0 Å². The molecule has 2 rings (SSSR count). The Morgan fingerprint density at radius 3 is 2.65 bits per heavy atom. The minimum absolute atomic E-state index is 0.0414. The van der Waals surface area contributed by atoms with Gasteiger partial charge in [0.2, 0.25) is 0 Å². The van der Waals surface area contributed by atoms with E-state index in [-0.39, 0.29) is 11.7 Å². The predicted molar refractivity (Wildman–Crippen MR) is 67.3 cm³/mol. The molecule has 2 unspecified atom stereocenters. The van der Waals surface area contributed by atoms with Crippen molar-refractivity contribution in [1.82, 2.24) is 4.98 Å². The summed E-state index contributed by atoms with van der Waals surface area (Å²) >= 11 is 1.27. The molecule has 0 spiro atoms. The van der Waals surface area contributed by atoms with Crippen LogP contribution >= 0.6 is 11.8 Å². The van der Waals surface area contributed by atoms with Crippen LogP contribution in [0.15, 0.2) is 23.4 Å². The normalized spacial score (nSPS) is 26.7. The second-order valence-electron chi connectivity index (χ2n) is 4.83. The van der Waals surface area contributed by atoms with E-state index in [1.54, 1.807) is 0 Å². The van der Waals surface area contributed by atoms with Crippen LogP contribution < -0.4 is 5.73 Å². The van der Waals surface area contributed by atoms with E-state index in [2.05, 4.69) is 4.98 Å².